The smallest absolute Gasteiger partial charge is 0.295 e. The summed E-state index contributed by atoms with van der Waals surface area (Å²) in [6.07, 6.45) is 0. The molecule has 31 heavy (non-hydrogen) atoms. The quantitative estimate of drug-likeness (QED) is 0.402. The summed E-state index contributed by atoms with van der Waals surface area (Å²) in [5, 5.41) is 11.0. The van der Waals surface area contributed by atoms with Crippen molar-refractivity contribution in [1.82, 2.24) is 19.6 Å². The molecule has 1 N–H and O–H groups in total. The van der Waals surface area contributed by atoms with Crippen LogP contribution in [-0.2, 0) is 11.8 Å². The molecule has 8 nitrogen and oxygen atoms in total. The Labute approximate surface area is 190 Å². The molecule has 158 valence electrons. The van der Waals surface area contributed by atoms with Gasteiger partial charge in [0.1, 0.15) is 5.69 Å². The van der Waals surface area contributed by atoms with Crippen molar-refractivity contribution in [3.05, 3.63) is 75.1 Å². The number of rotatable bonds is 6. The second-order valence-electron chi connectivity index (χ2n) is 6.63. The van der Waals surface area contributed by atoms with E-state index < -0.39 is 0 Å². The second kappa shape index (κ2) is 8.94. The Balaban J connectivity index is 1.46. The fraction of sp³-hybridized carbons (Fsp3) is 0.143. The number of carbonyl (C=O) groups excluding carboxylic acids is 1. The maximum absolute atomic E-state index is 12.9. The van der Waals surface area contributed by atoms with Gasteiger partial charge in [-0.15, -0.1) is 10.2 Å². The van der Waals surface area contributed by atoms with Crippen molar-refractivity contribution >= 4 is 39.3 Å². The highest BCUT2D eigenvalue weighted by Gasteiger charge is 2.19. The predicted octanol–water partition coefficient (Wildman–Crippen LogP) is 4.03. The van der Waals surface area contributed by atoms with Gasteiger partial charge in [-0.25, -0.2) is 4.68 Å². The zero-order valence-corrected chi connectivity index (χ0v) is 19.1. The third-order valence-corrected chi connectivity index (χ3v) is 6.17. The highest BCUT2D eigenvalue weighted by Crippen LogP contribution is 2.29. The summed E-state index contributed by atoms with van der Waals surface area (Å²) in [7, 11) is 1.77. The third kappa shape index (κ3) is 4.35. The van der Waals surface area contributed by atoms with Gasteiger partial charge in [0.25, 0.3) is 10.8 Å². The summed E-state index contributed by atoms with van der Waals surface area (Å²) in [5.41, 5.74) is 2.10. The second-order valence-corrected chi connectivity index (χ2v) is 8.41. The number of carbonyl (C=O) groups is 1. The lowest BCUT2D eigenvalue weighted by atomic mass is 10.2. The topological polar surface area (TPSA) is 95.0 Å². The molecule has 0 aliphatic heterocycles. The Morgan fingerprint density at radius 1 is 1.13 bits per heavy atom. The highest BCUT2D eigenvalue weighted by atomic mass is 79.9. The average molecular weight is 500 g/mol. The van der Waals surface area contributed by atoms with Crippen LogP contribution in [0.15, 0.2) is 73.5 Å². The van der Waals surface area contributed by atoms with Crippen LogP contribution in [0.2, 0.25) is 0 Å². The molecule has 4 rings (SSSR count). The molecule has 2 aromatic carbocycles. The summed E-state index contributed by atoms with van der Waals surface area (Å²) >= 11 is 4.55. The van der Waals surface area contributed by atoms with E-state index in [2.05, 4.69) is 31.4 Å². The number of aromatic nitrogens is 4. The van der Waals surface area contributed by atoms with Gasteiger partial charge in [-0.05, 0) is 47.1 Å². The number of hydrogen-bond acceptors (Lipinski definition) is 6. The van der Waals surface area contributed by atoms with Crippen LogP contribution >= 0.6 is 27.7 Å². The van der Waals surface area contributed by atoms with E-state index in [-0.39, 0.29) is 28.1 Å². The van der Waals surface area contributed by atoms with Crippen molar-refractivity contribution in [3.8, 4) is 17.1 Å². The molecular formula is C21H18BrN5O3S. The molecule has 0 saturated carbocycles. The molecule has 0 radical (unpaired) electrons. The summed E-state index contributed by atoms with van der Waals surface area (Å²) in [6, 6.07) is 16.7. The normalized spacial score (nSPS) is 10.9. The molecule has 4 aromatic rings. The van der Waals surface area contributed by atoms with Crippen LogP contribution in [-0.4, -0.2) is 31.2 Å². The van der Waals surface area contributed by atoms with E-state index in [9.17, 15) is 9.59 Å². The molecule has 10 heteroatoms. The van der Waals surface area contributed by atoms with E-state index in [4.69, 9.17) is 4.42 Å². The molecule has 0 atom stereocenters. The molecule has 2 aromatic heterocycles. The number of halogens is 1. The van der Waals surface area contributed by atoms with Crippen LogP contribution in [0.25, 0.3) is 17.1 Å². The van der Waals surface area contributed by atoms with Gasteiger partial charge in [-0.1, -0.05) is 42.1 Å². The fourth-order valence-electron chi connectivity index (χ4n) is 3.03. The van der Waals surface area contributed by atoms with Gasteiger partial charge in [0, 0.05) is 11.5 Å². The van der Waals surface area contributed by atoms with Gasteiger partial charge >= 0.3 is 0 Å². The van der Waals surface area contributed by atoms with E-state index in [1.165, 1.54) is 4.68 Å². The van der Waals surface area contributed by atoms with Crippen LogP contribution in [0.4, 0.5) is 5.69 Å². The number of nitrogens with one attached hydrogen (secondary N) is 1. The summed E-state index contributed by atoms with van der Waals surface area (Å²) in [4.78, 5) is 25.4. The first-order chi connectivity index (χ1) is 15.0. The zero-order valence-electron chi connectivity index (χ0n) is 16.7. The molecule has 0 unspecified atom stereocenters. The number of thioether (sulfide) groups is 1. The van der Waals surface area contributed by atoms with Gasteiger partial charge in [0.15, 0.2) is 0 Å². The molecule has 1 amide bonds. The molecule has 2 heterocycles. The monoisotopic (exact) mass is 499 g/mol. The van der Waals surface area contributed by atoms with Crippen molar-refractivity contribution in [2.24, 2.45) is 7.05 Å². The number of nitrogens with zero attached hydrogens (tertiary/aromatic N) is 4. The first kappa shape index (κ1) is 21.1. The lowest BCUT2D eigenvalue weighted by molar-refractivity contribution is -0.113. The first-order valence-corrected chi connectivity index (χ1v) is 11.1. The third-order valence-electron chi connectivity index (χ3n) is 4.66. The van der Waals surface area contributed by atoms with Crippen molar-refractivity contribution in [1.29, 1.82) is 0 Å². The van der Waals surface area contributed by atoms with Crippen LogP contribution in [0.1, 0.15) is 5.69 Å². The lowest BCUT2D eigenvalue weighted by Gasteiger charge is -2.07. The van der Waals surface area contributed by atoms with Gasteiger partial charge in [-0.2, -0.15) is 0 Å². The number of anilines is 1. The fourth-order valence-corrected chi connectivity index (χ4v) is 4.04. The summed E-state index contributed by atoms with van der Waals surface area (Å²) in [5.74, 6) is 0.0492. The van der Waals surface area contributed by atoms with E-state index in [0.717, 1.165) is 27.5 Å². The SMILES string of the molecule is Cc1c(NC(=O)CSc2nnc(-c3ccccc3Br)o2)c(=O)n(-c2ccccc2)n1C. The van der Waals surface area contributed by atoms with Gasteiger partial charge in [0.2, 0.25) is 11.8 Å². The number of benzene rings is 2. The summed E-state index contributed by atoms with van der Waals surface area (Å²) in [6.45, 7) is 1.78. The Morgan fingerprint density at radius 3 is 2.58 bits per heavy atom. The van der Waals surface area contributed by atoms with Crippen molar-refractivity contribution in [2.75, 3.05) is 11.1 Å². The lowest BCUT2D eigenvalue weighted by Crippen LogP contribution is -2.23. The zero-order chi connectivity index (χ0) is 22.0. The molecule has 0 aliphatic carbocycles. The minimum Gasteiger partial charge on any atom is -0.411 e. The van der Waals surface area contributed by atoms with Gasteiger partial charge in [-0.3, -0.25) is 14.3 Å². The molecular weight excluding hydrogens is 482 g/mol. The Kier molecular flexibility index (Phi) is 6.10. The van der Waals surface area contributed by atoms with E-state index in [0.29, 0.717) is 11.6 Å². The first-order valence-electron chi connectivity index (χ1n) is 9.31. The van der Waals surface area contributed by atoms with E-state index in [1.54, 1.807) is 18.7 Å². The van der Waals surface area contributed by atoms with Crippen LogP contribution in [0.3, 0.4) is 0 Å². The Bertz CT molecular complexity index is 1300. The Morgan fingerprint density at radius 2 is 1.84 bits per heavy atom. The largest absolute Gasteiger partial charge is 0.411 e. The van der Waals surface area contributed by atoms with Crippen molar-refractivity contribution < 1.29 is 9.21 Å². The Hall–Kier alpha value is -3.11. The number of para-hydroxylation sites is 1. The van der Waals surface area contributed by atoms with Crippen LogP contribution in [0, 0.1) is 6.92 Å². The maximum atomic E-state index is 12.9. The summed E-state index contributed by atoms with van der Waals surface area (Å²) < 4.78 is 9.70. The van der Waals surface area contributed by atoms with Gasteiger partial charge in [0.05, 0.1) is 22.7 Å². The molecule has 0 fully saturated rings. The standard InChI is InChI=1S/C21H18BrN5O3S/c1-13-18(20(29)27(26(13)2)14-8-4-3-5-9-14)23-17(28)12-31-21-25-24-19(30-21)15-10-6-7-11-16(15)22/h3-11H,12H2,1-2H3,(H,23,28). The molecule has 0 saturated heterocycles. The average Bonchev–Trinajstić information content (AvgIpc) is 3.32. The highest BCUT2D eigenvalue weighted by molar-refractivity contribution is 9.10. The molecule has 0 spiro atoms. The molecule has 0 bridgehead atoms. The van der Waals surface area contributed by atoms with Crippen LogP contribution in [0.5, 0.6) is 0 Å². The maximum Gasteiger partial charge on any atom is 0.295 e. The minimum absolute atomic E-state index is 0.0245. The van der Waals surface area contributed by atoms with Crippen molar-refractivity contribution in [2.45, 2.75) is 12.1 Å². The molecule has 0 aliphatic rings. The minimum atomic E-state index is -0.336. The van der Waals surface area contributed by atoms with E-state index in [1.807, 2.05) is 54.6 Å². The number of amides is 1. The predicted molar refractivity (Wildman–Crippen MR) is 123 cm³/mol. The van der Waals surface area contributed by atoms with Gasteiger partial charge < -0.3 is 9.73 Å². The van der Waals surface area contributed by atoms with Crippen LogP contribution < -0.4 is 10.9 Å². The number of hydrogen-bond donors (Lipinski definition) is 1. The van der Waals surface area contributed by atoms with Crippen molar-refractivity contribution in [3.63, 3.8) is 0 Å². The van der Waals surface area contributed by atoms with E-state index >= 15 is 0 Å².